The van der Waals surface area contributed by atoms with Crippen LogP contribution in [-0.2, 0) is 6.54 Å². The molecule has 0 aliphatic heterocycles. The van der Waals surface area contributed by atoms with Crippen LogP contribution in [0.15, 0.2) is 24.4 Å². The maximum absolute atomic E-state index is 13.6. The lowest BCUT2D eigenvalue weighted by atomic mass is 10.1. The standard InChI is InChI=1S/C12H13F2N3/c1-8-11(7-17(16-8)5-4-15)10-3-2-9(13)6-12(10)14/h2-3,6-7H,4-5,15H2,1H3. The predicted molar refractivity (Wildman–Crippen MR) is 61.4 cm³/mol. The van der Waals surface area contributed by atoms with Crippen LogP contribution < -0.4 is 5.73 Å². The first-order valence-electron chi connectivity index (χ1n) is 5.31. The molecule has 0 bridgehead atoms. The van der Waals surface area contributed by atoms with Crippen molar-refractivity contribution in [1.82, 2.24) is 9.78 Å². The third-order valence-corrected chi connectivity index (χ3v) is 2.53. The molecule has 0 aliphatic rings. The summed E-state index contributed by atoms with van der Waals surface area (Å²) in [4.78, 5) is 0. The highest BCUT2D eigenvalue weighted by atomic mass is 19.1. The van der Waals surface area contributed by atoms with Gasteiger partial charge in [0.25, 0.3) is 0 Å². The van der Waals surface area contributed by atoms with E-state index in [1.807, 2.05) is 0 Å². The van der Waals surface area contributed by atoms with Crippen molar-refractivity contribution in [2.75, 3.05) is 6.54 Å². The highest BCUT2D eigenvalue weighted by Gasteiger charge is 2.12. The number of benzene rings is 1. The molecule has 1 heterocycles. The molecule has 0 unspecified atom stereocenters. The van der Waals surface area contributed by atoms with Gasteiger partial charge in [-0.05, 0) is 19.1 Å². The average Bonchev–Trinajstić information content (AvgIpc) is 2.60. The summed E-state index contributed by atoms with van der Waals surface area (Å²) in [5, 5.41) is 4.22. The monoisotopic (exact) mass is 237 g/mol. The second-order valence-corrected chi connectivity index (χ2v) is 3.80. The molecule has 5 heteroatoms. The fourth-order valence-electron chi connectivity index (χ4n) is 1.74. The zero-order chi connectivity index (χ0) is 12.4. The van der Waals surface area contributed by atoms with E-state index in [-0.39, 0.29) is 0 Å². The molecule has 2 aromatic rings. The number of rotatable bonds is 3. The summed E-state index contributed by atoms with van der Waals surface area (Å²) >= 11 is 0. The van der Waals surface area contributed by atoms with Crippen LogP contribution in [0.5, 0.6) is 0 Å². The largest absolute Gasteiger partial charge is 0.329 e. The van der Waals surface area contributed by atoms with Gasteiger partial charge in [-0.3, -0.25) is 4.68 Å². The van der Waals surface area contributed by atoms with Crippen molar-refractivity contribution in [3.05, 3.63) is 41.7 Å². The van der Waals surface area contributed by atoms with Crippen LogP contribution in [-0.4, -0.2) is 16.3 Å². The molecule has 3 nitrogen and oxygen atoms in total. The van der Waals surface area contributed by atoms with Gasteiger partial charge in [-0.15, -0.1) is 0 Å². The first-order valence-corrected chi connectivity index (χ1v) is 5.31. The maximum Gasteiger partial charge on any atom is 0.134 e. The van der Waals surface area contributed by atoms with E-state index in [2.05, 4.69) is 5.10 Å². The van der Waals surface area contributed by atoms with E-state index in [1.165, 1.54) is 12.1 Å². The molecule has 2 rings (SSSR count). The van der Waals surface area contributed by atoms with E-state index in [1.54, 1.807) is 17.8 Å². The first-order chi connectivity index (χ1) is 8.11. The number of hydrogen-bond donors (Lipinski definition) is 1. The smallest absolute Gasteiger partial charge is 0.134 e. The molecule has 17 heavy (non-hydrogen) atoms. The summed E-state index contributed by atoms with van der Waals surface area (Å²) in [6, 6.07) is 3.52. The Hall–Kier alpha value is -1.75. The second-order valence-electron chi connectivity index (χ2n) is 3.80. The molecule has 0 atom stereocenters. The number of nitrogens with zero attached hydrogens (tertiary/aromatic N) is 2. The van der Waals surface area contributed by atoms with Crippen LogP contribution in [0.3, 0.4) is 0 Å². The first kappa shape index (κ1) is 11.7. The van der Waals surface area contributed by atoms with Crippen LogP contribution in [0.4, 0.5) is 8.78 Å². The number of aryl methyl sites for hydroxylation is 1. The Morgan fingerprint density at radius 3 is 2.71 bits per heavy atom. The molecule has 1 aromatic carbocycles. The number of nitrogens with two attached hydrogens (primary N) is 1. The molecule has 0 amide bonds. The molecular formula is C12H13F2N3. The lowest BCUT2D eigenvalue weighted by molar-refractivity contribution is 0.585. The van der Waals surface area contributed by atoms with Crippen LogP contribution >= 0.6 is 0 Å². The number of aromatic nitrogens is 2. The molecular weight excluding hydrogens is 224 g/mol. The Kier molecular flexibility index (Phi) is 3.19. The molecule has 0 saturated heterocycles. The third-order valence-electron chi connectivity index (χ3n) is 2.53. The van der Waals surface area contributed by atoms with Gasteiger partial charge in [-0.25, -0.2) is 8.78 Å². The minimum atomic E-state index is -0.585. The van der Waals surface area contributed by atoms with E-state index in [9.17, 15) is 8.78 Å². The van der Waals surface area contributed by atoms with Gasteiger partial charge < -0.3 is 5.73 Å². The van der Waals surface area contributed by atoms with Crippen molar-refractivity contribution in [3.63, 3.8) is 0 Å². The van der Waals surface area contributed by atoms with Gasteiger partial charge in [0.1, 0.15) is 11.6 Å². The van der Waals surface area contributed by atoms with Crippen LogP contribution in [0.1, 0.15) is 5.69 Å². The normalized spacial score (nSPS) is 10.8. The van der Waals surface area contributed by atoms with Crippen LogP contribution in [0.2, 0.25) is 0 Å². The Morgan fingerprint density at radius 1 is 1.29 bits per heavy atom. The van der Waals surface area contributed by atoms with Gasteiger partial charge in [0.2, 0.25) is 0 Å². The zero-order valence-corrected chi connectivity index (χ0v) is 9.45. The fraction of sp³-hybridized carbons (Fsp3) is 0.250. The molecule has 0 fully saturated rings. The van der Waals surface area contributed by atoms with Gasteiger partial charge in [-0.1, -0.05) is 0 Å². The van der Waals surface area contributed by atoms with E-state index in [4.69, 9.17) is 5.73 Å². The topological polar surface area (TPSA) is 43.8 Å². The van der Waals surface area contributed by atoms with Gasteiger partial charge >= 0.3 is 0 Å². The lowest BCUT2D eigenvalue weighted by Gasteiger charge is -2.01. The summed E-state index contributed by atoms with van der Waals surface area (Å²) < 4.78 is 28.1. The number of hydrogen-bond acceptors (Lipinski definition) is 2. The molecule has 90 valence electrons. The Morgan fingerprint density at radius 2 is 2.06 bits per heavy atom. The van der Waals surface area contributed by atoms with E-state index in [0.717, 1.165) is 6.07 Å². The molecule has 0 radical (unpaired) electrons. The van der Waals surface area contributed by atoms with Gasteiger partial charge in [-0.2, -0.15) is 5.10 Å². The molecule has 0 saturated carbocycles. The van der Waals surface area contributed by atoms with Crippen molar-refractivity contribution in [1.29, 1.82) is 0 Å². The summed E-state index contributed by atoms with van der Waals surface area (Å²) in [6.45, 7) is 2.82. The van der Waals surface area contributed by atoms with Crippen molar-refractivity contribution in [2.24, 2.45) is 5.73 Å². The Bertz CT molecular complexity index is 535. The summed E-state index contributed by atoms with van der Waals surface area (Å²) in [5.41, 5.74) is 7.14. The van der Waals surface area contributed by atoms with Gasteiger partial charge in [0.15, 0.2) is 0 Å². The van der Waals surface area contributed by atoms with Crippen LogP contribution in [0.25, 0.3) is 11.1 Å². The SMILES string of the molecule is Cc1nn(CCN)cc1-c1ccc(F)cc1F. The molecule has 0 aliphatic carbocycles. The second kappa shape index (κ2) is 4.63. The summed E-state index contributed by atoms with van der Waals surface area (Å²) in [7, 11) is 0. The van der Waals surface area contributed by atoms with Crippen molar-refractivity contribution >= 4 is 0 Å². The van der Waals surface area contributed by atoms with Gasteiger partial charge in [0, 0.05) is 29.9 Å². The predicted octanol–water partition coefficient (Wildman–Crippen LogP) is 2.10. The minimum absolute atomic E-state index is 0.354. The highest BCUT2D eigenvalue weighted by Crippen LogP contribution is 2.25. The average molecular weight is 237 g/mol. The Labute approximate surface area is 97.9 Å². The minimum Gasteiger partial charge on any atom is -0.329 e. The fourth-order valence-corrected chi connectivity index (χ4v) is 1.74. The van der Waals surface area contributed by atoms with Crippen LogP contribution in [0, 0.1) is 18.6 Å². The van der Waals surface area contributed by atoms with Crippen molar-refractivity contribution in [2.45, 2.75) is 13.5 Å². The summed E-state index contributed by atoms with van der Waals surface area (Å²) in [6.07, 6.45) is 1.72. The van der Waals surface area contributed by atoms with E-state index < -0.39 is 11.6 Å². The van der Waals surface area contributed by atoms with Crippen molar-refractivity contribution < 1.29 is 8.78 Å². The van der Waals surface area contributed by atoms with Crippen molar-refractivity contribution in [3.8, 4) is 11.1 Å². The molecule has 0 spiro atoms. The third kappa shape index (κ3) is 2.34. The van der Waals surface area contributed by atoms with Gasteiger partial charge in [0.05, 0.1) is 12.2 Å². The lowest BCUT2D eigenvalue weighted by Crippen LogP contribution is -2.10. The molecule has 2 N–H and O–H groups in total. The number of halogens is 2. The Balaban J connectivity index is 2.45. The quantitative estimate of drug-likeness (QED) is 0.888. The van der Waals surface area contributed by atoms with E-state index in [0.29, 0.717) is 29.9 Å². The molecule has 1 aromatic heterocycles. The highest BCUT2D eigenvalue weighted by molar-refractivity contribution is 5.65. The zero-order valence-electron chi connectivity index (χ0n) is 9.45. The van der Waals surface area contributed by atoms with E-state index >= 15 is 0 Å². The summed E-state index contributed by atoms with van der Waals surface area (Å²) in [5.74, 6) is -1.17. The maximum atomic E-state index is 13.6.